The first-order valence-corrected chi connectivity index (χ1v) is 9.57. The second-order valence-electron chi connectivity index (χ2n) is 5.75. The van der Waals surface area contributed by atoms with E-state index in [1.165, 1.54) is 15.4 Å². The Hall–Kier alpha value is -1.35. The molecule has 144 valence electrons. The maximum absolute atomic E-state index is 5.30. The Morgan fingerprint density at radius 2 is 2.08 bits per heavy atom. The summed E-state index contributed by atoms with van der Waals surface area (Å²) in [6.07, 6.45) is 3.94. The van der Waals surface area contributed by atoms with E-state index in [2.05, 4.69) is 46.6 Å². The van der Waals surface area contributed by atoms with E-state index >= 15 is 0 Å². The number of aryl methyl sites for hydroxylation is 2. The lowest BCUT2D eigenvalue weighted by molar-refractivity contribution is 0.411. The van der Waals surface area contributed by atoms with Crippen molar-refractivity contribution < 1.29 is 4.74 Å². The van der Waals surface area contributed by atoms with Gasteiger partial charge in [0.1, 0.15) is 5.75 Å². The fourth-order valence-electron chi connectivity index (χ4n) is 2.47. The monoisotopic (exact) mass is 488 g/mol. The molecule has 2 aromatic rings. The third kappa shape index (κ3) is 7.11. The molecule has 0 spiro atoms. The first-order chi connectivity index (χ1) is 12.2. The van der Waals surface area contributed by atoms with E-state index in [1.807, 2.05) is 19.2 Å². The molecule has 1 aromatic carbocycles. The van der Waals surface area contributed by atoms with E-state index in [0.717, 1.165) is 43.2 Å². The molecule has 2 N–H and O–H groups in total. The number of nitrogens with zero attached hydrogens (tertiary/aromatic N) is 2. The molecule has 0 aliphatic heterocycles. The van der Waals surface area contributed by atoms with Crippen LogP contribution in [-0.2, 0) is 19.4 Å². The lowest BCUT2D eigenvalue weighted by Gasteiger charge is -2.11. The van der Waals surface area contributed by atoms with E-state index in [-0.39, 0.29) is 24.0 Å². The number of aromatic nitrogens is 1. The quantitative estimate of drug-likeness (QED) is 0.336. The van der Waals surface area contributed by atoms with Crippen molar-refractivity contribution in [3.63, 3.8) is 0 Å². The number of nitrogens with one attached hydrogen (secondary N) is 2. The highest BCUT2D eigenvalue weighted by Gasteiger charge is 2.03. The standard InChI is InChI=1S/C19H28N4OS.HI/c1-5-16-13-22-18(25-16)9-10-21-19(20-6-2)23-12-15-7-8-17(24-4)14(3)11-15;/h7-8,11,13H,5-6,9-10,12H2,1-4H3,(H2,20,21,23);1H. The maximum atomic E-state index is 5.30. The van der Waals surface area contributed by atoms with Crippen molar-refractivity contribution >= 4 is 41.3 Å². The van der Waals surface area contributed by atoms with Gasteiger partial charge in [-0.25, -0.2) is 9.98 Å². The Kier molecular flexibility index (Phi) is 10.6. The second-order valence-corrected chi connectivity index (χ2v) is 6.95. The molecule has 26 heavy (non-hydrogen) atoms. The molecule has 0 bridgehead atoms. The van der Waals surface area contributed by atoms with Gasteiger partial charge in [-0.2, -0.15) is 0 Å². The zero-order valence-corrected chi connectivity index (χ0v) is 19.1. The van der Waals surface area contributed by atoms with Crippen LogP contribution in [0.4, 0.5) is 0 Å². The minimum atomic E-state index is 0. The number of thiazole rings is 1. The van der Waals surface area contributed by atoms with Crippen molar-refractivity contribution in [3.05, 3.63) is 45.4 Å². The smallest absolute Gasteiger partial charge is 0.191 e. The molecule has 5 nitrogen and oxygen atoms in total. The van der Waals surface area contributed by atoms with Gasteiger partial charge in [0.05, 0.1) is 18.7 Å². The van der Waals surface area contributed by atoms with Gasteiger partial charge in [0.25, 0.3) is 0 Å². The van der Waals surface area contributed by atoms with Gasteiger partial charge < -0.3 is 15.4 Å². The molecule has 1 aromatic heterocycles. The van der Waals surface area contributed by atoms with Gasteiger partial charge in [0, 0.05) is 30.6 Å². The van der Waals surface area contributed by atoms with Gasteiger partial charge in [0.2, 0.25) is 0 Å². The lowest BCUT2D eigenvalue weighted by Crippen LogP contribution is -2.38. The number of rotatable bonds is 8. The molecule has 0 saturated carbocycles. The molecule has 0 amide bonds. The van der Waals surface area contributed by atoms with E-state index < -0.39 is 0 Å². The Balaban J connectivity index is 0.00000338. The number of halogens is 1. The highest BCUT2D eigenvalue weighted by Crippen LogP contribution is 2.18. The molecule has 0 saturated heterocycles. The minimum Gasteiger partial charge on any atom is -0.496 e. The van der Waals surface area contributed by atoms with Crippen molar-refractivity contribution in [2.75, 3.05) is 20.2 Å². The summed E-state index contributed by atoms with van der Waals surface area (Å²) in [5.41, 5.74) is 2.30. The van der Waals surface area contributed by atoms with E-state index in [4.69, 9.17) is 4.74 Å². The van der Waals surface area contributed by atoms with Gasteiger partial charge in [-0.1, -0.05) is 19.1 Å². The summed E-state index contributed by atoms with van der Waals surface area (Å²) in [4.78, 5) is 10.5. The topological polar surface area (TPSA) is 58.5 Å². The summed E-state index contributed by atoms with van der Waals surface area (Å²) in [5.74, 6) is 1.75. The van der Waals surface area contributed by atoms with Crippen LogP contribution >= 0.6 is 35.3 Å². The number of guanidine groups is 1. The third-order valence-electron chi connectivity index (χ3n) is 3.80. The first kappa shape index (κ1) is 22.7. The first-order valence-electron chi connectivity index (χ1n) is 8.75. The summed E-state index contributed by atoms with van der Waals surface area (Å²) in [6, 6.07) is 6.17. The lowest BCUT2D eigenvalue weighted by atomic mass is 10.1. The average molecular weight is 488 g/mol. The predicted octanol–water partition coefficient (Wildman–Crippen LogP) is 3.94. The van der Waals surface area contributed by atoms with Crippen molar-refractivity contribution in [1.29, 1.82) is 0 Å². The van der Waals surface area contributed by atoms with Crippen LogP contribution < -0.4 is 15.4 Å². The Morgan fingerprint density at radius 3 is 2.69 bits per heavy atom. The number of aliphatic imine (C=N–C) groups is 1. The number of hydrogen-bond donors (Lipinski definition) is 2. The highest BCUT2D eigenvalue weighted by atomic mass is 127. The maximum Gasteiger partial charge on any atom is 0.191 e. The van der Waals surface area contributed by atoms with Crippen LogP contribution in [0.5, 0.6) is 5.75 Å². The normalized spacial score (nSPS) is 11.0. The van der Waals surface area contributed by atoms with Gasteiger partial charge in [0.15, 0.2) is 5.96 Å². The zero-order chi connectivity index (χ0) is 18.1. The fourth-order valence-corrected chi connectivity index (χ4v) is 3.33. The van der Waals surface area contributed by atoms with E-state index in [1.54, 1.807) is 18.4 Å². The Morgan fingerprint density at radius 1 is 1.27 bits per heavy atom. The summed E-state index contributed by atoms with van der Waals surface area (Å²) in [6.45, 7) is 8.58. The van der Waals surface area contributed by atoms with Crippen LogP contribution in [0.3, 0.4) is 0 Å². The van der Waals surface area contributed by atoms with Crippen molar-refractivity contribution in [1.82, 2.24) is 15.6 Å². The Bertz CT molecular complexity index is 703. The van der Waals surface area contributed by atoms with Crippen molar-refractivity contribution in [2.45, 2.75) is 40.2 Å². The summed E-state index contributed by atoms with van der Waals surface area (Å²) < 4.78 is 5.30. The number of ether oxygens (including phenoxy) is 1. The third-order valence-corrected chi connectivity index (χ3v) is 5.01. The van der Waals surface area contributed by atoms with Gasteiger partial charge in [-0.15, -0.1) is 35.3 Å². The van der Waals surface area contributed by atoms with Crippen LogP contribution in [0.1, 0.15) is 34.9 Å². The number of hydrogen-bond acceptors (Lipinski definition) is 4. The van der Waals surface area contributed by atoms with Gasteiger partial charge in [-0.3, -0.25) is 0 Å². The molecule has 0 aliphatic carbocycles. The van der Waals surface area contributed by atoms with Crippen molar-refractivity contribution in [3.8, 4) is 5.75 Å². The fraction of sp³-hybridized carbons (Fsp3) is 0.474. The predicted molar refractivity (Wildman–Crippen MR) is 121 cm³/mol. The molecule has 0 fully saturated rings. The largest absolute Gasteiger partial charge is 0.496 e. The molecular weight excluding hydrogens is 459 g/mol. The Labute approximate surface area is 177 Å². The molecule has 1 heterocycles. The van der Waals surface area contributed by atoms with Crippen LogP contribution in [0.15, 0.2) is 29.4 Å². The molecule has 2 rings (SSSR count). The number of benzene rings is 1. The minimum absolute atomic E-state index is 0. The van der Waals surface area contributed by atoms with Crippen LogP contribution in [0, 0.1) is 6.92 Å². The van der Waals surface area contributed by atoms with Crippen LogP contribution in [-0.4, -0.2) is 31.1 Å². The SMILES string of the molecule is CCNC(=NCc1ccc(OC)c(C)c1)NCCc1ncc(CC)s1.I. The summed E-state index contributed by atoms with van der Waals surface area (Å²) >= 11 is 1.79. The zero-order valence-electron chi connectivity index (χ0n) is 16.0. The molecular formula is C19H29IN4OS. The molecule has 0 radical (unpaired) electrons. The second kappa shape index (κ2) is 12.1. The van der Waals surface area contributed by atoms with E-state index in [9.17, 15) is 0 Å². The molecule has 0 atom stereocenters. The van der Waals surface area contributed by atoms with Gasteiger partial charge >= 0.3 is 0 Å². The number of methoxy groups -OCH3 is 1. The van der Waals surface area contributed by atoms with Gasteiger partial charge in [-0.05, 0) is 37.5 Å². The summed E-state index contributed by atoms with van der Waals surface area (Å²) in [7, 11) is 1.69. The van der Waals surface area contributed by atoms with Crippen molar-refractivity contribution in [2.24, 2.45) is 4.99 Å². The van der Waals surface area contributed by atoms with E-state index in [0.29, 0.717) is 6.54 Å². The summed E-state index contributed by atoms with van der Waals surface area (Å²) in [5, 5.41) is 7.85. The molecule has 7 heteroatoms. The highest BCUT2D eigenvalue weighted by molar-refractivity contribution is 14.0. The van der Waals surface area contributed by atoms with Crippen LogP contribution in [0.25, 0.3) is 0 Å². The molecule has 0 aliphatic rings. The molecule has 0 unspecified atom stereocenters. The average Bonchev–Trinajstić information content (AvgIpc) is 3.08. The van der Waals surface area contributed by atoms with Crippen LogP contribution in [0.2, 0.25) is 0 Å².